The molecular formula is C16H20OSi. The molecule has 0 spiro atoms. The van der Waals surface area contributed by atoms with E-state index >= 15 is 0 Å². The largest absolute Gasteiger partial charge is 0.413 e. The van der Waals surface area contributed by atoms with Crippen LogP contribution >= 0.6 is 0 Å². The lowest BCUT2D eigenvalue weighted by Crippen LogP contribution is -2.45. The van der Waals surface area contributed by atoms with Gasteiger partial charge in [0.15, 0.2) is 0 Å². The average molecular weight is 256 g/mol. The molecule has 0 N–H and O–H groups in total. The third kappa shape index (κ3) is 2.24. The minimum absolute atomic E-state index is 0.705. The lowest BCUT2D eigenvalue weighted by atomic mass is 9.97. The molecule has 0 amide bonds. The summed E-state index contributed by atoms with van der Waals surface area (Å²) in [6.07, 6.45) is 4.70. The van der Waals surface area contributed by atoms with Crippen molar-refractivity contribution >= 4 is 13.5 Å². The smallest absolute Gasteiger partial charge is 0.218 e. The lowest BCUT2D eigenvalue weighted by molar-refractivity contribution is 0.228. The molecule has 0 aromatic heterocycles. The van der Waals surface area contributed by atoms with E-state index in [9.17, 15) is 0 Å². The van der Waals surface area contributed by atoms with E-state index < -0.39 is 8.32 Å². The van der Waals surface area contributed by atoms with Crippen LogP contribution in [0.1, 0.15) is 12.8 Å². The summed E-state index contributed by atoms with van der Waals surface area (Å²) in [6, 6.07) is 10.7. The second-order valence-electron chi connectivity index (χ2n) is 5.93. The molecule has 1 aromatic carbocycles. The molecule has 2 atom stereocenters. The highest BCUT2D eigenvalue weighted by Gasteiger charge is 2.34. The van der Waals surface area contributed by atoms with Crippen molar-refractivity contribution in [3.05, 3.63) is 47.7 Å². The second-order valence-corrected chi connectivity index (χ2v) is 9.82. The standard InChI is InChI=1S/C16H20OSi/c1-18(2,16-6-4-3-5-7-16)17-12-15-11-13-8-9-14(15)10-13/h3-7,9,14-15H,10-12H2,1-2H3. The van der Waals surface area contributed by atoms with E-state index in [0.29, 0.717) is 11.8 Å². The van der Waals surface area contributed by atoms with E-state index in [1.165, 1.54) is 23.6 Å². The van der Waals surface area contributed by atoms with E-state index in [0.717, 1.165) is 6.61 Å². The first-order valence-corrected chi connectivity index (χ1v) is 9.70. The summed E-state index contributed by atoms with van der Waals surface area (Å²) in [4.78, 5) is 0. The molecule has 0 heterocycles. The minimum Gasteiger partial charge on any atom is -0.413 e. The minimum atomic E-state index is -1.72. The number of hydrogen-bond acceptors (Lipinski definition) is 1. The number of benzene rings is 1. The van der Waals surface area contributed by atoms with E-state index in [2.05, 4.69) is 55.2 Å². The Kier molecular flexibility index (Phi) is 3.02. The molecule has 1 saturated carbocycles. The van der Waals surface area contributed by atoms with Crippen LogP contribution in [-0.4, -0.2) is 14.9 Å². The van der Waals surface area contributed by atoms with Crippen molar-refractivity contribution in [3.63, 3.8) is 0 Å². The number of hydrogen-bond donors (Lipinski definition) is 0. The molecule has 3 rings (SSSR count). The first kappa shape index (κ1) is 12.0. The van der Waals surface area contributed by atoms with Crippen LogP contribution in [0.3, 0.4) is 0 Å². The Balaban J connectivity index is 1.62. The molecule has 2 aliphatic carbocycles. The van der Waals surface area contributed by atoms with Crippen molar-refractivity contribution in [2.45, 2.75) is 25.9 Å². The maximum Gasteiger partial charge on any atom is 0.218 e. The zero-order valence-electron chi connectivity index (χ0n) is 11.1. The number of allylic oxidation sites excluding steroid dienone is 1. The van der Waals surface area contributed by atoms with Crippen LogP contribution in [0.15, 0.2) is 47.7 Å². The summed E-state index contributed by atoms with van der Waals surface area (Å²) >= 11 is 0. The summed E-state index contributed by atoms with van der Waals surface area (Å²) < 4.78 is 6.33. The van der Waals surface area contributed by atoms with Gasteiger partial charge in [-0.3, -0.25) is 0 Å². The SMILES string of the molecule is C[Si](C)(OCC1CC2=C=CC1C2)c1ccccc1. The Morgan fingerprint density at radius 3 is 2.61 bits per heavy atom. The van der Waals surface area contributed by atoms with Gasteiger partial charge in [-0.2, -0.15) is 0 Å². The Bertz CT molecular complexity index is 497. The lowest BCUT2D eigenvalue weighted by Gasteiger charge is -2.26. The van der Waals surface area contributed by atoms with E-state index in [1.807, 2.05) is 0 Å². The molecule has 1 aromatic rings. The predicted octanol–water partition coefficient (Wildman–Crippen LogP) is 3.24. The van der Waals surface area contributed by atoms with Crippen LogP contribution in [0.25, 0.3) is 0 Å². The van der Waals surface area contributed by atoms with Gasteiger partial charge in [0, 0.05) is 6.61 Å². The summed E-state index contributed by atoms with van der Waals surface area (Å²) in [7, 11) is -1.72. The molecular weight excluding hydrogens is 236 g/mol. The van der Waals surface area contributed by atoms with Crippen LogP contribution in [0.4, 0.5) is 0 Å². The van der Waals surface area contributed by atoms with E-state index in [1.54, 1.807) is 0 Å². The van der Waals surface area contributed by atoms with Crippen LogP contribution < -0.4 is 5.19 Å². The van der Waals surface area contributed by atoms with Gasteiger partial charge in [0.05, 0.1) is 0 Å². The molecule has 94 valence electrons. The normalized spacial score (nSPS) is 25.6. The highest BCUT2D eigenvalue weighted by atomic mass is 28.4. The molecule has 1 nitrogen and oxygen atoms in total. The van der Waals surface area contributed by atoms with E-state index in [4.69, 9.17) is 4.43 Å². The van der Waals surface area contributed by atoms with Gasteiger partial charge in [-0.05, 0) is 54.6 Å². The zero-order chi connectivity index (χ0) is 12.6. The van der Waals surface area contributed by atoms with Crippen LogP contribution in [0.5, 0.6) is 0 Å². The number of rotatable bonds is 4. The fourth-order valence-corrected chi connectivity index (χ4v) is 4.75. The molecule has 0 saturated heterocycles. The summed E-state index contributed by atoms with van der Waals surface area (Å²) in [5.74, 6) is 1.41. The molecule has 0 radical (unpaired) electrons. The second kappa shape index (κ2) is 4.54. The van der Waals surface area contributed by atoms with Crippen molar-refractivity contribution in [3.8, 4) is 0 Å². The van der Waals surface area contributed by atoms with Crippen molar-refractivity contribution in [2.24, 2.45) is 11.8 Å². The quantitative estimate of drug-likeness (QED) is 0.593. The first-order valence-electron chi connectivity index (χ1n) is 6.79. The fraction of sp³-hybridized carbons (Fsp3) is 0.438. The van der Waals surface area contributed by atoms with Gasteiger partial charge in [0.1, 0.15) is 0 Å². The average Bonchev–Trinajstić information content (AvgIpc) is 3.00. The summed E-state index contributed by atoms with van der Waals surface area (Å²) in [5.41, 5.74) is 4.87. The van der Waals surface area contributed by atoms with Crippen LogP contribution in [0, 0.1) is 11.8 Å². The molecule has 0 aliphatic heterocycles. The van der Waals surface area contributed by atoms with Gasteiger partial charge in [-0.15, -0.1) is 5.73 Å². The molecule has 1 fully saturated rings. The van der Waals surface area contributed by atoms with Gasteiger partial charge in [0.2, 0.25) is 8.32 Å². The Morgan fingerprint density at radius 2 is 2.00 bits per heavy atom. The Labute approximate surface area is 110 Å². The van der Waals surface area contributed by atoms with Crippen molar-refractivity contribution < 1.29 is 4.43 Å². The van der Waals surface area contributed by atoms with Crippen LogP contribution in [-0.2, 0) is 4.43 Å². The van der Waals surface area contributed by atoms with E-state index in [-0.39, 0.29) is 0 Å². The molecule has 2 heteroatoms. The third-order valence-electron chi connectivity index (χ3n) is 4.22. The summed E-state index contributed by atoms with van der Waals surface area (Å²) in [5, 5.41) is 1.39. The van der Waals surface area contributed by atoms with Crippen LogP contribution in [0.2, 0.25) is 13.1 Å². The number of fused-ring (bicyclic) bond motifs is 2. The maximum atomic E-state index is 6.33. The highest BCUT2D eigenvalue weighted by molar-refractivity contribution is 6.84. The first-order chi connectivity index (χ1) is 8.65. The molecule has 18 heavy (non-hydrogen) atoms. The predicted molar refractivity (Wildman–Crippen MR) is 77.3 cm³/mol. The maximum absolute atomic E-state index is 6.33. The fourth-order valence-electron chi connectivity index (χ4n) is 2.96. The Morgan fingerprint density at radius 1 is 1.22 bits per heavy atom. The third-order valence-corrected chi connectivity index (χ3v) is 6.84. The monoisotopic (exact) mass is 256 g/mol. The van der Waals surface area contributed by atoms with Crippen molar-refractivity contribution in [1.82, 2.24) is 0 Å². The van der Waals surface area contributed by atoms with Crippen molar-refractivity contribution in [1.29, 1.82) is 0 Å². The highest BCUT2D eigenvalue weighted by Crippen LogP contribution is 2.40. The molecule has 2 unspecified atom stereocenters. The van der Waals surface area contributed by atoms with Gasteiger partial charge in [-0.25, -0.2) is 0 Å². The van der Waals surface area contributed by atoms with Gasteiger partial charge in [0.25, 0.3) is 0 Å². The van der Waals surface area contributed by atoms with Gasteiger partial charge < -0.3 is 4.43 Å². The van der Waals surface area contributed by atoms with Gasteiger partial charge >= 0.3 is 0 Å². The summed E-state index contributed by atoms with van der Waals surface area (Å²) in [6.45, 7) is 5.51. The van der Waals surface area contributed by atoms with Gasteiger partial charge in [-0.1, -0.05) is 30.3 Å². The Hall–Kier alpha value is -1.08. The zero-order valence-corrected chi connectivity index (χ0v) is 12.1. The topological polar surface area (TPSA) is 9.23 Å². The van der Waals surface area contributed by atoms with Crippen molar-refractivity contribution in [2.75, 3.05) is 6.61 Å². The molecule has 2 bridgehead atoms. The molecule has 2 aliphatic rings.